The summed E-state index contributed by atoms with van der Waals surface area (Å²) in [5.74, 6) is 0.690. The lowest BCUT2D eigenvalue weighted by atomic mass is 10.1. The lowest BCUT2D eigenvalue weighted by molar-refractivity contribution is 0.0206. The Bertz CT molecular complexity index is 658. The number of imidazole rings is 1. The van der Waals surface area contributed by atoms with E-state index in [0.29, 0.717) is 18.1 Å². The van der Waals surface area contributed by atoms with Crippen LogP contribution in [0.5, 0.6) is 0 Å². The molecule has 0 radical (unpaired) electrons. The number of nitrogens with one attached hydrogen (secondary N) is 2. The number of aromatic nitrogens is 3. The molecule has 7 nitrogen and oxygen atoms in total. The first-order chi connectivity index (χ1) is 10.9. The zero-order valence-electron chi connectivity index (χ0n) is 13.8. The zero-order valence-corrected chi connectivity index (χ0v) is 13.8. The van der Waals surface area contributed by atoms with E-state index in [1.807, 2.05) is 32.9 Å². The predicted molar refractivity (Wildman–Crippen MR) is 88.3 cm³/mol. The molecule has 0 spiro atoms. The van der Waals surface area contributed by atoms with Gasteiger partial charge < -0.3 is 19.9 Å². The number of hydrogen-bond acceptors (Lipinski definition) is 5. The highest BCUT2D eigenvalue weighted by atomic mass is 16.6. The molecule has 1 unspecified atom stereocenters. The second-order valence-corrected chi connectivity index (χ2v) is 6.87. The molecule has 3 rings (SSSR count). The van der Waals surface area contributed by atoms with Gasteiger partial charge in [-0.2, -0.15) is 4.98 Å². The molecule has 0 bridgehead atoms. The van der Waals surface area contributed by atoms with Crippen LogP contribution in [0.25, 0.3) is 11.2 Å². The first-order valence-electron chi connectivity index (χ1n) is 7.96. The van der Waals surface area contributed by atoms with Crippen molar-refractivity contribution < 1.29 is 9.53 Å². The monoisotopic (exact) mass is 317 g/mol. The van der Waals surface area contributed by atoms with Crippen LogP contribution in [0.15, 0.2) is 18.3 Å². The summed E-state index contributed by atoms with van der Waals surface area (Å²) in [4.78, 5) is 25.8. The number of aromatic amines is 1. The number of carbonyl (C=O) groups excluding carboxylic acids is 1. The number of carbonyl (C=O) groups is 1. The second-order valence-electron chi connectivity index (χ2n) is 6.87. The zero-order chi connectivity index (χ0) is 16.4. The maximum atomic E-state index is 12.2. The Morgan fingerprint density at radius 3 is 3.04 bits per heavy atom. The molecule has 7 heteroatoms. The lowest BCUT2D eigenvalue weighted by Crippen LogP contribution is -2.47. The van der Waals surface area contributed by atoms with E-state index < -0.39 is 5.60 Å². The lowest BCUT2D eigenvalue weighted by Gasteiger charge is -2.34. The molecule has 2 aromatic heterocycles. The molecule has 1 aliphatic heterocycles. The third-order valence-electron chi connectivity index (χ3n) is 3.67. The summed E-state index contributed by atoms with van der Waals surface area (Å²) in [5.41, 5.74) is 1.12. The number of anilines is 1. The Kier molecular flexibility index (Phi) is 4.11. The van der Waals surface area contributed by atoms with E-state index in [9.17, 15) is 4.79 Å². The third kappa shape index (κ3) is 3.91. The van der Waals surface area contributed by atoms with E-state index >= 15 is 0 Å². The van der Waals surface area contributed by atoms with Crippen molar-refractivity contribution in [3.05, 3.63) is 18.3 Å². The van der Waals surface area contributed by atoms with Crippen molar-refractivity contribution in [3.63, 3.8) is 0 Å². The smallest absolute Gasteiger partial charge is 0.410 e. The Balaban J connectivity index is 1.63. The number of likely N-dealkylation sites (tertiary alicyclic amines) is 1. The standard InChI is InChI=1S/C16H23N5O2/c1-16(2,3)23-15(22)21-9-5-6-11(10-21)18-14-19-12-7-4-8-17-13(12)20-14/h4,7-8,11H,5-6,9-10H2,1-3H3,(H2,17,18,19,20). The first-order valence-corrected chi connectivity index (χ1v) is 7.96. The van der Waals surface area contributed by atoms with E-state index in [2.05, 4.69) is 20.3 Å². The van der Waals surface area contributed by atoms with Gasteiger partial charge in [0.25, 0.3) is 0 Å². The predicted octanol–water partition coefficient (Wildman–Crippen LogP) is 2.77. The number of rotatable bonds is 2. The Labute approximate surface area is 135 Å². The van der Waals surface area contributed by atoms with Gasteiger partial charge in [-0.15, -0.1) is 0 Å². The highest BCUT2D eigenvalue weighted by Crippen LogP contribution is 2.18. The average molecular weight is 317 g/mol. The maximum Gasteiger partial charge on any atom is 0.410 e. The van der Waals surface area contributed by atoms with Crippen LogP contribution < -0.4 is 5.32 Å². The van der Waals surface area contributed by atoms with Gasteiger partial charge in [0.2, 0.25) is 5.95 Å². The van der Waals surface area contributed by atoms with E-state index in [1.165, 1.54) is 0 Å². The molecule has 1 aliphatic rings. The van der Waals surface area contributed by atoms with Gasteiger partial charge in [0.15, 0.2) is 5.65 Å². The SMILES string of the molecule is CC(C)(C)OC(=O)N1CCCC(Nc2nc3ncccc3[nH]2)C1. The summed E-state index contributed by atoms with van der Waals surface area (Å²) in [6.45, 7) is 6.98. The van der Waals surface area contributed by atoms with Crippen LogP contribution in [0.2, 0.25) is 0 Å². The van der Waals surface area contributed by atoms with Crippen LogP contribution in [0.4, 0.5) is 10.7 Å². The van der Waals surface area contributed by atoms with Crippen LogP contribution >= 0.6 is 0 Å². The van der Waals surface area contributed by atoms with Gasteiger partial charge in [0.05, 0.1) is 5.52 Å². The van der Waals surface area contributed by atoms with Crippen molar-refractivity contribution in [2.75, 3.05) is 18.4 Å². The minimum Gasteiger partial charge on any atom is -0.444 e. The summed E-state index contributed by atoms with van der Waals surface area (Å²) in [6.07, 6.45) is 3.40. The summed E-state index contributed by atoms with van der Waals surface area (Å²) < 4.78 is 5.45. The van der Waals surface area contributed by atoms with Gasteiger partial charge in [-0.05, 0) is 45.7 Å². The molecular weight excluding hydrogens is 294 g/mol. The van der Waals surface area contributed by atoms with Gasteiger partial charge in [-0.3, -0.25) is 0 Å². The number of nitrogens with zero attached hydrogens (tertiary/aromatic N) is 3. The number of fused-ring (bicyclic) bond motifs is 1. The largest absolute Gasteiger partial charge is 0.444 e. The second kappa shape index (κ2) is 6.06. The van der Waals surface area contributed by atoms with Crippen molar-refractivity contribution >= 4 is 23.2 Å². The van der Waals surface area contributed by atoms with Crippen molar-refractivity contribution in [1.29, 1.82) is 0 Å². The van der Waals surface area contributed by atoms with Crippen molar-refractivity contribution in [3.8, 4) is 0 Å². The van der Waals surface area contributed by atoms with Gasteiger partial charge in [-0.25, -0.2) is 9.78 Å². The van der Waals surface area contributed by atoms with Gasteiger partial charge in [-0.1, -0.05) is 0 Å². The van der Waals surface area contributed by atoms with E-state index in [4.69, 9.17) is 4.74 Å². The molecule has 124 valence electrons. The fourth-order valence-corrected chi connectivity index (χ4v) is 2.69. The molecule has 2 aromatic rings. The minimum absolute atomic E-state index is 0.150. The van der Waals surface area contributed by atoms with E-state index in [0.717, 1.165) is 24.9 Å². The van der Waals surface area contributed by atoms with Gasteiger partial charge >= 0.3 is 6.09 Å². The first kappa shape index (κ1) is 15.6. The molecule has 1 saturated heterocycles. The minimum atomic E-state index is -0.470. The quantitative estimate of drug-likeness (QED) is 0.890. The van der Waals surface area contributed by atoms with Crippen molar-refractivity contribution in [2.24, 2.45) is 0 Å². The summed E-state index contributed by atoms with van der Waals surface area (Å²) in [5, 5.41) is 3.36. The molecule has 1 amide bonds. The van der Waals surface area contributed by atoms with Crippen LogP contribution in [0.1, 0.15) is 33.6 Å². The number of amides is 1. The van der Waals surface area contributed by atoms with Crippen LogP contribution in [-0.4, -0.2) is 50.7 Å². The topological polar surface area (TPSA) is 83.1 Å². The Morgan fingerprint density at radius 1 is 1.48 bits per heavy atom. The number of pyridine rings is 1. The van der Waals surface area contributed by atoms with Gasteiger partial charge in [0, 0.05) is 25.3 Å². The number of hydrogen-bond donors (Lipinski definition) is 2. The van der Waals surface area contributed by atoms with Crippen molar-refractivity contribution in [1.82, 2.24) is 19.9 Å². The third-order valence-corrected chi connectivity index (χ3v) is 3.67. The van der Waals surface area contributed by atoms with E-state index in [1.54, 1.807) is 11.1 Å². The molecule has 2 N–H and O–H groups in total. The molecule has 23 heavy (non-hydrogen) atoms. The molecule has 0 saturated carbocycles. The van der Waals surface area contributed by atoms with Crippen LogP contribution in [0.3, 0.4) is 0 Å². The molecule has 0 aromatic carbocycles. The Hall–Kier alpha value is -2.31. The normalized spacial score (nSPS) is 18.9. The van der Waals surface area contributed by atoms with Crippen LogP contribution in [0, 0.1) is 0 Å². The molecule has 3 heterocycles. The summed E-state index contributed by atoms with van der Waals surface area (Å²) in [6, 6.07) is 3.96. The Morgan fingerprint density at radius 2 is 2.30 bits per heavy atom. The number of H-pyrrole nitrogens is 1. The highest BCUT2D eigenvalue weighted by Gasteiger charge is 2.27. The molecular formula is C16H23N5O2. The highest BCUT2D eigenvalue weighted by molar-refractivity contribution is 5.73. The number of piperidine rings is 1. The maximum absolute atomic E-state index is 12.2. The summed E-state index contributed by atoms with van der Waals surface area (Å²) in [7, 11) is 0. The van der Waals surface area contributed by atoms with Crippen LogP contribution in [-0.2, 0) is 4.74 Å². The fraction of sp³-hybridized carbons (Fsp3) is 0.562. The van der Waals surface area contributed by atoms with Crippen molar-refractivity contribution in [2.45, 2.75) is 45.3 Å². The fourth-order valence-electron chi connectivity index (χ4n) is 2.69. The summed E-state index contributed by atoms with van der Waals surface area (Å²) >= 11 is 0. The number of ether oxygens (including phenoxy) is 1. The molecule has 1 atom stereocenters. The van der Waals surface area contributed by atoms with Gasteiger partial charge in [0.1, 0.15) is 5.60 Å². The average Bonchev–Trinajstić information content (AvgIpc) is 2.88. The molecule has 0 aliphatic carbocycles. The molecule has 1 fully saturated rings. The van der Waals surface area contributed by atoms with E-state index in [-0.39, 0.29) is 12.1 Å².